The van der Waals surface area contributed by atoms with Crippen LogP contribution in [0.3, 0.4) is 0 Å². The maximum Gasteiger partial charge on any atom is 0.275 e. The summed E-state index contributed by atoms with van der Waals surface area (Å²) in [7, 11) is 1.56. The van der Waals surface area contributed by atoms with Gasteiger partial charge in [0.25, 0.3) is 5.91 Å². The van der Waals surface area contributed by atoms with Crippen LogP contribution in [0, 0.1) is 0 Å². The normalized spacial score (nSPS) is 17.6. The number of nitrogens with two attached hydrogens (primary N) is 1. The largest absolute Gasteiger partial charge is 0.358 e. The summed E-state index contributed by atoms with van der Waals surface area (Å²) < 4.78 is 0. The molecule has 104 valence electrons. The van der Waals surface area contributed by atoms with Crippen LogP contribution >= 0.6 is 0 Å². The quantitative estimate of drug-likeness (QED) is 0.622. The Kier molecular flexibility index (Phi) is 7.41. The zero-order valence-electron chi connectivity index (χ0n) is 11.3. The van der Waals surface area contributed by atoms with Gasteiger partial charge in [0.1, 0.15) is 0 Å². The highest BCUT2D eigenvalue weighted by atomic mass is 16.2. The van der Waals surface area contributed by atoms with Crippen molar-refractivity contribution in [1.82, 2.24) is 10.6 Å². The van der Waals surface area contributed by atoms with Gasteiger partial charge < -0.3 is 16.0 Å². The van der Waals surface area contributed by atoms with Crippen molar-refractivity contribution in [3.63, 3.8) is 0 Å². The van der Waals surface area contributed by atoms with Gasteiger partial charge in [-0.2, -0.15) is 0 Å². The Balaban J connectivity index is 2.13. The van der Waals surface area contributed by atoms with E-state index < -0.39 is 0 Å². The molecule has 5 nitrogen and oxygen atoms in total. The fourth-order valence-electron chi connectivity index (χ4n) is 2.34. The number of rotatable bonds is 5. The molecule has 0 saturated heterocycles. The first-order chi connectivity index (χ1) is 8.72. The van der Waals surface area contributed by atoms with Gasteiger partial charge in [-0.3, -0.25) is 9.59 Å². The van der Waals surface area contributed by atoms with E-state index in [1.165, 1.54) is 44.9 Å². The molecule has 0 aromatic heterocycles. The maximum atomic E-state index is 11.5. The summed E-state index contributed by atoms with van der Waals surface area (Å²) in [4.78, 5) is 22.5. The van der Waals surface area contributed by atoms with Crippen molar-refractivity contribution in [3.8, 4) is 0 Å². The minimum absolute atomic E-state index is 0.0549. The minimum Gasteiger partial charge on any atom is -0.358 e. The predicted octanol–water partition coefficient (Wildman–Crippen LogP) is -0.475. The van der Waals surface area contributed by atoms with Crippen LogP contribution in [0.4, 0.5) is 0 Å². The average molecular weight is 256 g/mol. The Hall–Kier alpha value is -1.10. The first kappa shape index (κ1) is 15.0. The van der Waals surface area contributed by atoms with Crippen LogP contribution < -0.4 is 16.0 Å². The Morgan fingerprint density at radius 1 is 1.06 bits per heavy atom. The monoisotopic (exact) mass is 256 g/mol. The number of carbonyl (C=O) groups excluding carboxylic acids is 2. The molecule has 5 heteroatoms. The summed E-state index contributed by atoms with van der Waals surface area (Å²) in [5.74, 6) is -0.213. The highest BCUT2D eigenvalue weighted by Gasteiger charge is 2.15. The zero-order valence-corrected chi connectivity index (χ0v) is 11.3. The summed E-state index contributed by atoms with van der Waals surface area (Å²) in [6, 6.07) is 0.580. The molecule has 1 fully saturated rings. The smallest absolute Gasteiger partial charge is 0.275 e. The van der Waals surface area contributed by atoms with Crippen LogP contribution in [-0.4, -0.2) is 38.0 Å². The fraction of sp³-hybridized carbons (Fsp3) is 0.846. The highest BCUT2D eigenvalue weighted by molar-refractivity contribution is 5.84. The van der Waals surface area contributed by atoms with E-state index in [9.17, 15) is 9.59 Å². The summed E-state index contributed by atoms with van der Waals surface area (Å²) >= 11 is 0. The van der Waals surface area contributed by atoms with E-state index in [-0.39, 0.29) is 18.4 Å². The molecular weight excluding hydrogens is 230 g/mol. The van der Waals surface area contributed by atoms with Gasteiger partial charge in [-0.1, -0.05) is 19.3 Å². The molecule has 0 aliphatic heterocycles. The molecule has 0 bridgehead atoms. The fourth-order valence-corrected chi connectivity index (χ4v) is 2.34. The van der Waals surface area contributed by atoms with Crippen LogP contribution in [0.15, 0.2) is 0 Å². The van der Waals surface area contributed by atoms with Crippen molar-refractivity contribution in [1.29, 1.82) is 0 Å². The molecule has 0 aromatic carbocycles. The van der Waals surface area contributed by atoms with Gasteiger partial charge >= 0.3 is 0 Å². The Morgan fingerprint density at radius 2 is 1.67 bits per heavy atom. The lowest BCUT2D eigenvalue weighted by Crippen LogP contribution is -2.92. The lowest BCUT2D eigenvalue weighted by atomic mass is 9.97. The third-order valence-electron chi connectivity index (χ3n) is 3.51. The second-order valence-corrected chi connectivity index (χ2v) is 4.99. The predicted molar refractivity (Wildman–Crippen MR) is 70.0 cm³/mol. The van der Waals surface area contributed by atoms with Crippen LogP contribution in [0.5, 0.6) is 0 Å². The molecule has 1 saturated carbocycles. The maximum absolute atomic E-state index is 11.5. The molecule has 1 aliphatic rings. The average Bonchev–Trinajstić information content (AvgIpc) is 2.34. The zero-order chi connectivity index (χ0) is 13.2. The lowest BCUT2D eigenvalue weighted by molar-refractivity contribution is -0.680. The molecular formula is C13H26N3O2+. The van der Waals surface area contributed by atoms with Crippen LogP contribution in [0.25, 0.3) is 0 Å². The summed E-state index contributed by atoms with van der Waals surface area (Å²) in [5.41, 5.74) is 0. The van der Waals surface area contributed by atoms with Crippen molar-refractivity contribution in [2.75, 3.05) is 20.1 Å². The van der Waals surface area contributed by atoms with Gasteiger partial charge in [-0.25, -0.2) is 0 Å². The Morgan fingerprint density at radius 3 is 2.28 bits per heavy atom. The highest BCUT2D eigenvalue weighted by Crippen LogP contribution is 2.14. The van der Waals surface area contributed by atoms with Crippen molar-refractivity contribution in [3.05, 3.63) is 0 Å². The molecule has 4 N–H and O–H groups in total. The second-order valence-electron chi connectivity index (χ2n) is 4.99. The summed E-state index contributed by atoms with van der Waals surface area (Å²) in [6.07, 6.45) is 8.99. The van der Waals surface area contributed by atoms with Crippen LogP contribution in [0.2, 0.25) is 0 Å². The standard InChI is InChI=1S/C13H25N3O2/c1-14-12(17)9-16-13(18)10-15-11-7-5-3-2-4-6-8-11/h11,15H,2-10H2,1H3,(H,14,17)(H,16,18)/p+1. The molecule has 0 unspecified atom stereocenters. The molecule has 0 radical (unpaired) electrons. The van der Waals surface area contributed by atoms with Crippen molar-refractivity contribution >= 4 is 11.8 Å². The molecule has 0 heterocycles. The Labute approximate surface area is 109 Å². The van der Waals surface area contributed by atoms with Gasteiger partial charge in [0.15, 0.2) is 6.54 Å². The minimum atomic E-state index is -0.158. The first-order valence-electron chi connectivity index (χ1n) is 7.03. The molecule has 0 aromatic rings. The van der Waals surface area contributed by atoms with Crippen LogP contribution in [-0.2, 0) is 9.59 Å². The molecule has 0 spiro atoms. The first-order valence-corrected chi connectivity index (χ1v) is 7.03. The third-order valence-corrected chi connectivity index (χ3v) is 3.51. The van der Waals surface area contributed by atoms with Crippen molar-refractivity contribution < 1.29 is 14.9 Å². The van der Waals surface area contributed by atoms with Gasteiger partial charge in [0.05, 0.1) is 12.6 Å². The van der Waals surface area contributed by atoms with E-state index in [2.05, 4.69) is 16.0 Å². The number of quaternary nitrogens is 1. The van der Waals surface area contributed by atoms with Crippen molar-refractivity contribution in [2.24, 2.45) is 0 Å². The topological polar surface area (TPSA) is 74.8 Å². The van der Waals surface area contributed by atoms with E-state index in [0.29, 0.717) is 12.6 Å². The van der Waals surface area contributed by atoms with E-state index in [1.54, 1.807) is 7.05 Å². The van der Waals surface area contributed by atoms with Gasteiger partial charge in [0, 0.05) is 7.05 Å². The third kappa shape index (κ3) is 6.59. The van der Waals surface area contributed by atoms with Crippen LogP contribution in [0.1, 0.15) is 44.9 Å². The van der Waals surface area contributed by atoms with E-state index in [1.807, 2.05) is 0 Å². The van der Waals surface area contributed by atoms with Gasteiger partial charge in [-0.15, -0.1) is 0 Å². The molecule has 2 amide bonds. The summed E-state index contributed by atoms with van der Waals surface area (Å²) in [5, 5.41) is 7.23. The number of hydrogen-bond donors (Lipinski definition) is 3. The number of amides is 2. The number of carbonyl (C=O) groups is 2. The Bertz CT molecular complexity index is 261. The van der Waals surface area contributed by atoms with Gasteiger partial charge in [0.2, 0.25) is 5.91 Å². The van der Waals surface area contributed by atoms with E-state index >= 15 is 0 Å². The molecule has 18 heavy (non-hydrogen) atoms. The number of likely N-dealkylation sites (N-methyl/N-ethyl adjacent to an activating group) is 1. The molecule has 1 rings (SSSR count). The SMILES string of the molecule is CNC(=O)CNC(=O)C[NH2+]C1CCCCCCC1. The van der Waals surface area contributed by atoms with Gasteiger partial charge in [-0.05, 0) is 25.7 Å². The molecule has 0 atom stereocenters. The number of hydrogen-bond acceptors (Lipinski definition) is 2. The molecule has 1 aliphatic carbocycles. The summed E-state index contributed by atoms with van der Waals surface area (Å²) in [6.45, 7) is 0.509. The lowest BCUT2D eigenvalue weighted by Gasteiger charge is -2.17. The van der Waals surface area contributed by atoms with E-state index in [4.69, 9.17) is 0 Å². The van der Waals surface area contributed by atoms with E-state index in [0.717, 1.165) is 0 Å². The van der Waals surface area contributed by atoms with Crippen molar-refractivity contribution in [2.45, 2.75) is 51.0 Å². The number of nitrogens with one attached hydrogen (secondary N) is 2. The second kappa shape index (κ2) is 8.91.